The van der Waals surface area contributed by atoms with Gasteiger partial charge in [0.25, 0.3) is 0 Å². The Balaban J connectivity index is 2.93. The van der Waals surface area contributed by atoms with E-state index < -0.39 is 12.0 Å². The lowest BCUT2D eigenvalue weighted by atomic mass is 10.1. The lowest BCUT2D eigenvalue weighted by Crippen LogP contribution is -2.41. The molecule has 0 aliphatic rings. The summed E-state index contributed by atoms with van der Waals surface area (Å²) in [5, 5.41) is 2.56. The molecule has 110 valence electrons. The topological polar surface area (TPSA) is 73.9 Å². The number of methoxy groups -OCH3 is 3. The maximum Gasteiger partial charge on any atom is 0.328 e. The zero-order valence-corrected chi connectivity index (χ0v) is 12.1. The molecule has 6 heteroatoms. The van der Waals surface area contributed by atoms with Crippen LogP contribution in [0.25, 0.3) is 0 Å². The quantitative estimate of drug-likeness (QED) is 0.785. The number of esters is 1. The molecule has 0 radical (unpaired) electrons. The first-order valence-corrected chi connectivity index (χ1v) is 6.07. The predicted molar refractivity (Wildman–Crippen MR) is 72.9 cm³/mol. The van der Waals surface area contributed by atoms with E-state index in [-0.39, 0.29) is 5.91 Å². The highest BCUT2D eigenvalue weighted by Gasteiger charge is 2.21. The minimum atomic E-state index is -0.726. The van der Waals surface area contributed by atoms with Gasteiger partial charge in [-0.15, -0.1) is 0 Å². The third-order valence-electron chi connectivity index (χ3n) is 2.75. The number of carbonyl (C=O) groups is 2. The molecule has 20 heavy (non-hydrogen) atoms. The van der Waals surface area contributed by atoms with Gasteiger partial charge in [0.15, 0.2) is 11.5 Å². The Hall–Kier alpha value is -2.24. The summed E-state index contributed by atoms with van der Waals surface area (Å²) < 4.78 is 15.0. The first-order valence-electron chi connectivity index (χ1n) is 6.07. The summed E-state index contributed by atoms with van der Waals surface area (Å²) in [7, 11) is 4.37. The van der Waals surface area contributed by atoms with Crippen molar-refractivity contribution >= 4 is 11.9 Å². The lowest BCUT2D eigenvalue weighted by molar-refractivity contribution is -0.144. The van der Waals surface area contributed by atoms with Crippen LogP contribution in [0.3, 0.4) is 0 Å². The van der Waals surface area contributed by atoms with Gasteiger partial charge in [-0.3, -0.25) is 4.79 Å². The van der Waals surface area contributed by atoms with Crippen LogP contribution >= 0.6 is 0 Å². The summed E-state index contributed by atoms with van der Waals surface area (Å²) >= 11 is 0. The summed E-state index contributed by atoms with van der Waals surface area (Å²) in [5.74, 6) is 0.387. The van der Waals surface area contributed by atoms with Crippen molar-refractivity contribution in [3.63, 3.8) is 0 Å². The largest absolute Gasteiger partial charge is 0.493 e. The Bertz CT molecular complexity index is 486. The Morgan fingerprint density at radius 2 is 1.80 bits per heavy atom. The van der Waals surface area contributed by atoms with E-state index in [1.54, 1.807) is 25.3 Å². The van der Waals surface area contributed by atoms with E-state index in [9.17, 15) is 9.59 Å². The van der Waals surface area contributed by atoms with Crippen LogP contribution in [0, 0.1) is 0 Å². The molecule has 6 nitrogen and oxygen atoms in total. The number of carbonyl (C=O) groups excluding carboxylic acids is 2. The molecule has 0 aliphatic carbocycles. The zero-order chi connectivity index (χ0) is 15.1. The number of amides is 1. The molecule has 1 amide bonds. The fourth-order valence-electron chi connectivity index (χ4n) is 1.82. The summed E-state index contributed by atoms with van der Waals surface area (Å²) in [6.45, 7) is 1.35. The third-order valence-corrected chi connectivity index (χ3v) is 2.75. The van der Waals surface area contributed by atoms with Gasteiger partial charge in [-0.1, -0.05) is 6.07 Å². The van der Waals surface area contributed by atoms with Crippen LogP contribution in [0.2, 0.25) is 0 Å². The summed E-state index contributed by atoms with van der Waals surface area (Å²) in [6.07, 6.45) is 0.312. The Morgan fingerprint density at radius 1 is 1.15 bits per heavy atom. The van der Waals surface area contributed by atoms with Gasteiger partial charge in [0.2, 0.25) is 5.91 Å². The molecule has 1 rings (SSSR count). The highest BCUT2D eigenvalue weighted by atomic mass is 16.5. The predicted octanol–water partition coefficient (Wildman–Crippen LogP) is 0.924. The van der Waals surface area contributed by atoms with Gasteiger partial charge in [-0.2, -0.15) is 0 Å². The van der Waals surface area contributed by atoms with Gasteiger partial charge in [0.1, 0.15) is 6.04 Å². The van der Waals surface area contributed by atoms with Crippen LogP contribution in [-0.4, -0.2) is 39.2 Å². The van der Waals surface area contributed by atoms with E-state index in [2.05, 4.69) is 10.1 Å². The van der Waals surface area contributed by atoms with E-state index >= 15 is 0 Å². The van der Waals surface area contributed by atoms with Crippen molar-refractivity contribution in [1.82, 2.24) is 5.32 Å². The number of hydrogen-bond donors (Lipinski definition) is 1. The zero-order valence-electron chi connectivity index (χ0n) is 12.1. The second-order valence-corrected chi connectivity index (χ2v) is 4.17. The Labute approximate surface area is 118 Å². The van der Waals surface area contributed by atoms with Gasteiger partial charge in [-0.05, 0) is 17.7 Å². The minimum absolute atomic E-state index is 0.291. The number of benzene rings is 1. The van der Waals surface area contributed by atoms with Gasteiger partial charge in [-0.25, -0.2) is 4.79 Å². The van der Waals surface area contributed by atoms with Gasteiger partial charge in [0.05, 0.1) is 21.3 Å². The highest BCUT2D eigenvalue weighted by Crippen LogP contribution is 2.28. The van der Waals surface area contributed by atoms with Gasteiger partial charge >= 0.3 is 5.97 Å². The van der Waals surface area contributed by atoms with E-state index in [0.717, 1.165) is 5.56 Å². The van der Waals surface area contributed by atoms with Crippen molar-refractivity contribution in [2.45, 2.75) is 19.4 Å². The number of nitrogens with one attached hydrogen (secondary N) is 1. The smallest absolute Gasteiger partial charge is 0.328 e. The minimum Gasteiger partial charge on any atom is -0.493 e. The highest BCUT2D eigenvalue weighted by molar-refractivity contribution is 5.83. The van der Waals surface area contributed by atoms with Crippen molar-refractivity contribution < 1.29 is 23.8 Å². The summed E-state index contributed by atoms with van der Waals surface area (Å²) in [5.41, 5.74) is 0.826. The standard InChI is InChI=1S/C14H19NO5/c1-9(16)15-11(14(17)20-4)7-10-5-6-12(18-2)13(8-10)19-3/h5-6,8,11H,7H2,1-4H3,(H,15,16)/t11-/m0/s1. The molecule has 0 aliphatic heterocycles. The monoisotopic (exact) mass is 281 g/mol. The molecule has 0 aromatic heterocycles. The molecule has 0 saturated heterocycles. The Kier molecular flexibility index (Phi) is 5.83. The maximum atomic E-state index is 11.6. The Morgan fingerprint density at radius 3 is 2.30 bits per heavy atom. The molecule has 0 unspecified atom stereocenters. The number of hydrogen-bond acceptors (Lipinski definition) is 5. The molecule has 0 heterocycles. The first-order chi connectivity index (χ1) is 9.51. The second-order valence-electron chi connectivity index (χ2n) is 4.17. The van der Waals surface area contributed by atoms with Crippen LogP contribution in [-0.2, 0) is 20.7 Å². The van der Waals surface area contributed by atoms with Crippen LogP contribution in [0.1, 0.15) is 12.5 Å². The van der Waals surface area contributed by atoms with Gasteiger partial charge < -0.3 is 19.5 Å². The van der Waals surface area contributed by atoms with Crippen LogP contribution in [0.4, 0.5) is 0 Å². The van der Waals surface area contributed by atoms with E-state index in [0.29, 0.717) is 17.9 Å². The molecule has 1 N–H and O–H groups in total. The third kappa shape index (κ3) is 4.15. The van der Waals surface area contributed by atoms with Crippen molar-refractivity contribution in [1.29, 1.82) is 0 Å². The van der Waals surface area contributed by atoms with E-state index in [4.69, 9.17) is 9.47 Å². The molecule has 0 spiro atoms. The lowest BCUT2D eigenvalue weighted by Gasteiger charge is -2.16. The van der Waals surface area contributed by atoms with Gasteiger partial charge in [0, 0.05) is 13.3 Å². The normalized spacial score (nSPS) is 11.4. The molecule has 1 atom stereocenters. The maximum absolute atomic E-state index is 11.6. The first kappa shape index (κ1) is 15.8. The fourth-order valence-corrected chi connectivity index (χ4v) is 1.82. The average molecular weight is 281 g/mol. The molecule has 0 saturated carbocycles. The SMILES string of the molecule is COC(=O)[C@H](Cc1ccc(OC)c(OC)c1)NC(C)=O. The van der Waals surface area contributed by atoms with E-state index in [1.165, 1.54) is 21.1 Å². The molecule has 1 aromatic carbocycles. The van der Waals surface area contributed by atoms with Crippen molar-refractivity contribution in [3.05, 3.63) is 23.8 Å². The fraction of sp³-hybridized carbons (Fsp3) is 0.429. The summed E-state index contributed by atoms with van der Waals surface area (Å²) in [6, 6.07) is 4.59. The van der Waals surface area contributed by atoms with Crippen molar-refractivity contribution in [2.24, 2.45) is 0 Å². The van der Waals surface area contributed by atoms with Crippen LogP contribution < -0.4 is 14.8 Å². The molecule has 0 fully saturated rings. The number of ether oxygens (including phenoxy) is 3. The van der Waals surface area contributed by atoms with E-state index in [1.807, 2.05) is 0 Å². The average Bonchev–Trinajstić information content (AvgIpc) is 2.45. The van der Waals surface area contributed by atoms with Crippen molar-refractivity contribution in [2.75, 3.05) is 21.3 Å². The summed E-state index contributed by atoms with van der Waals surface area (Å²) in [4.78, 5) is 22.8. The number of rotatable bonds is 6. The van der Waals surface area contributed by atoms with Crippen LogP contribution in [0.15, 0.2) is 18.2 Å². The molecule has 1 aromatic rings. The second kappa shape index (κ2) is 7.37. The molecule has 0 bridgehead atoms. The van der Waals surface area contributed by atoms with Crippen LogP contribution in [0.5, 0.6) is 11.5 Å². The molecular weight excluding hydrogens is 262 g/mol. The van der Waals surface area contributed by atoms with Crippen molar-refractivity contribution in [3.8, 4) is 11.5 Å². The molecular formula is C14H19NO5.